The number of amides is 1. The van der Waals surface area contributed by atoms with Gasteiger partial charge in [0.05, 0.1) is 11.9 Å². The fourth-order valence-electron chi connectivity index (χ4n) is 0.270. The van der Waals surface area contributed by atoms with E-state index in [4.69, 9.17) is 0 Å². The molecule has 0 radical (unpaired) electrons. The Bertz CT molecular complexity index is 124. The average Bonchev–Trinajstić information content (AvgIpc) is 1.83. The predicted octanol–water partition coefficient (Wildman–Crippen LogP) is 0.0865. The van der Waals surface area contributed by atoms with Crippen LogP contribution in [0.1, 0.15) is 6.92 Å². The highest BCUT2D eigenvalue weighted by atomic mass is 79.9. The maximum Gasteiger partial charge on any atom is 0.231 e. The second kappa shape index (κ2) is 4.49. The van der Waals surface area contributed by atoms with Crippen molar-refractivity contribution in [2.45, 2.75) is 6.92 Å². The minimum atomic E-state index is -0.162. The van der Waals surface area contributed by atoms with Gasteiger partial charge in [0.1, 0.15) is 5.78 Å². The molecule has 0 fully saturated rings. The van der Waals surface area contributed by atoms with Gasteiger partial charge in [-0.1, -0.05) is 15.9 Å². The van der Waals surface area contributed by atoms with Gasteiger partial charge < -0.3 is 5.32 Å². The van der Waals surface area contributed by atoms with E-state index in [1.54, 1.807) is 0 Å². The molecule has 52 valence electrons. The van der Waals surface area contributed by atoms with E-state index in [9.17, 15) is 9.59 Å². The Hall–Kier alpha value is -0.380. The summed E-state index contributed by atoms with van der Waals surface area (Å²) in [4.78, 5) is 20.6. The third-order valence-corrected chi connectivity index (χ3v) is 1.17. The van der Waals surface area contributed by atoms with E-state index >= 15 is 0 Å². The first-order valence-corrected chi connectivity index (χ1v) is 3.61. The number of ketones is 1. The molecule has 1 N–H and O–H groups in total. The van der Waals surface area contributed by atoms with Crippen LogP contribution in [-0.4, -0.2) is 23.6 Å². The van der Waals surface area contributed by atoms with Crippen molar-refractivity contribution in [1.82, 2.24) is 5.32 Å². The molecule has 3 nitrogen and oxygen atoms in total. The highest BCUT2D eigenvalue weighted by Gasteiger charge is 1.97. The van der Waals surface area contributed by atoms with Crippen LogP contribution in [0.4, 0.5) is 0 Å². The molecule has 1 amide bonds. The van der Waals surface area contributed by atoms with Crippen molar-refractivity contribution in [3.05, 3.63) is 0 Å². The molecule has 0 aromatic carbocycles. The number of hydrogen-bond donors (Lipinski definition) is 1. The first kappa shape index (κ1) is 8.62. The molecule has 0 unspecified atom stereocenters. The van der Waals surface area contributed by atoms with E-state index in [-0.39, 0.29) is 23.6 Å². The van der Waals surface area contributed by atoms with Gasteiger partial charge in [-0.15, -0.1) is 0 Å². The van der Waals surface area contributed by atoms with Crippen LogP contribution in [-0.2, 0) is 9.59 Å². The summed E-state index contributed by atoms with van der Waals surface area (Å²) in [5.41, 5.74) is 0. The van der Waals surface area contributed by atoms with Crippen LogP contribution in [0.25, 0.3) is 0 Å². The molecule has 0 spiro atoms. The molecule has 0 aliphatic carbocycles. The summed E-state index contributed by atoms with van der Waals surface area (Å²) >= 11 is 2.94. The Morgan fingerprint density at radius 2 is 2.11 bits per heavy atom. The first-order valence-electron chi connectivity index (χ1n) is 2.49. The molecule has 0 aromatic heterocycles. The molecule has 0 atom stereocenters. The highest BCUT2D eigenvalue weighted by Crippen LogP contribution is 1.77. The number of carbonyl (C=O) groups excluding carboxylic acids is 2. The molecule has 0 heterocycles. The van der Waals surface area contributed by atoms with Gasteiger partial charge in [-0.2, -0.15) is 0 Å². The van der Waals surface area contributed by atoms with Crippen molar-refractivity contribution in [2.75, 3.05) is 11.9 Å². The molecule has 0 saturated heterocycles. The standard InChI is InChI=1S/C5H8BrNO2/c1-4(8)3-7-5(9)2-6/h2-3H2,1H3,(H,7,9). The Morgan fingerprint density at radius 1 is 1.56 bits per heavy atom. The zero-order chi connectivity index (χ0) is 7.28. The summed E-state index contributed by atoms with van der Waals surface area (Å²) in [6.07, 6.45) is 0. The van der Waals surface area contributed by atoms with Crippen molar-refractivity contribution < 1.29 is 9.59 Å². The van der Waals surface area contributed by atoms with Crippen molar-refractivity contribution in [3.8, 4) is 0 Å². The Balaban J connectivity index is 3.28. The smallest absolute Gasteiger partial charge is 0.231 e. The lowest BCUT2D eigenvalue weighted by molar-refractivity contribution is -0.122. The van der Waals surface area contributed by atoms with Gasteiger partial charge in [-0.05, 0) is 6.92 Å². The quantitative estimate of drug-likeness (QED) is 0.647. The summed E-state index contributed by atoms with van der Waals surface area (Å²) in [7, 11) is 0. The van der Waals surface area contributed by atoms with E-state index < -0.39 is 0 Å². The second-order valence-corrected chi connectivity index (χ2v) is 2.17. The van der Waals surface area contributed by atoms with Crippen LogP contribution in [0.15, 0.2) is 0 Å². The maximum atomic E-state index is 10.4. The van der Waals surface area contributed by atoms with E-state index in [0.29, 0.717) is 0 Å². The summed E-state index contributed by atoms with van der Waals surface area (Å²) in [6, 6.07) is 0. The van der Waals surface area contributed by atoms with E-state index in [2.05, 4.69) is 21.2 Å². The number of alkyl halides is 1. The van der Waals surface area contributed by atoms with E-state index in [0.717, 1.165) is 0 Å². The van der Waals surface area contributed by atoms with E-state index in [1.807, 2.05) is 0 Å². The topological polar surface area (TPSA) is 46.2 Å². The molecular formula is C5H8BrNO2. The lowest BCUT2D eigenvalue weighted by Crippen LogP contribution is -2.28. The molecule has 0 aromatic rings. The van der Waals surface area contributed by atoms with Crippen LogP contribution in [0.3, 0.4) is 0 Å². The zero-order valence-corrected chi connectivity index (χ0v) is 6.69. The van der Waals surface area contributed by atoms with Gasteiger partial charge in [-0.25, -0.2) is 0 Å². The zero-order valence-electron chi connectivity index (χ0n) is 5.11. The number of rotatable bonds is 3. The summed E-state index contributed by atoms with van der Waals surface area (Å²) in [5.74, 6) is -0.200. The first-order chi connectivity index (χ1) is 4.16. The van der Waals surface area contributed by atoms with Gasteiger partial charge >= 0.3 is 0 Å². The van der Waals surface area contributed by atoms with Crippen molar-refractivity contribution in [1.29, 1.82) is 0 Å². The maximum absolute atomic E-state index is 10.4. The minimum Gasteiger partial charge on any atom is -0.348 e. The predicted molar refractivity (Wildman–Crippen MR) is 37.5 cm³/mol. The number of halogens is 1. The van der Waals surface area contributed by atoms with Gasteiger partial charge in [0.2, 0.25) is 5.91 Å². The van der Waals surface area contributed by atoms with Crippen molar-refractivity contribution in [3.63, 3.8) is 0 Å². The SMILES string of the molecule is CC(=O)CNC(=O)CBr. The van der Waals surface area contributed by atoms with Gasteiger partial charge in [0.15, 0.2) is 0 Å². The third kappa shape index (κ3) is 5.49. The van der Waals surface area contributed by atoms with Crippen LogP contribution in [0, 0.1) is 0 Å². The van der Waals surface area contributed by atoms with Gasteiger partial charge in [0, 0.05) is 0 Å². The monoisotopic (exact) mass is 193 g/mol. The number of nitrogens with one attached hydrogen (secondary N) is 1. The second-order valence-electron chi connectivity index (χ2n) is 1.61. The normalized spacial score (nSPS) is 8.67. The molecule has 4 heteroatoms. The largest absolute Gasteiger partial charge is 0.348 e. The van der Waals surface area contributed by atoms with Crippen LogP contribution in [0.5, 0.6) is 0 Å². The minimum absolute atomic E-state index is 0.0377. The number of Topliss-reactive ketones (excluding diaryl/α,β-unsaturated/α-hetero) is 1. The molecule has 9 heavy (non-hydrogen) atoms. The van der Waals surface area contributed by atoms with Crippen LogP contribution in [0.2, 0.25) is 0 Å². The fourth-order valence-corrected chi connectivity index (χ4v) is 0.469. The van der Waals surface area contributed by atoms with Gasteiger partial charge in [-0.3, -0.25) is 9.59 Å². The molecular weight excluding hydrogens is 186 g/mol. The van der Waals surface area contributed by atoms with Crippen LogP contribution < -0.4 is 5.32 Å². The van der Waals surface area contributed by atoms with Gasteiger partial charge in [0.25, 0.3) is 0 Å². The fraction of sp³-hybridized carbons (Fsp3) is 0.600. The van der Waals surface area contributed by atoms with Crippen LogP contribution >= 0.6 is 15.9 Å². The lowest BCUT2D eigenvalue weighted by atomic mass is 10.4. The van der Waals surface area contributed by atoms with E-state index in [1.165, 1.54) is 6.92 Å². The summed E-state index contributed by atoms with van der Waals surface area (Å²) < 4.78 is 0. The summed E-state index contributed by atoms with van der Waals surface area (Å²) in [6.45, 7) is 1.55. The Labute approximate surface area is 61.9 Å². The van der Waals surface area contributed by atoms with Crippen molar-refractivity contribution in [2.24, 2.45) is 0 Å². The molecule has 0 rings (SSSR count). The molecule has 0 bridgehead atoms. The third-order valence-electron chi connectivity index (χ3n) is 0.656. The molecule has 0 aliphatic heterocycles. The Kier molecular flexibility index (Phi) is 4.30. The lowest BCUT2D eigenvalue weighted by Gasteiger charge is -1.96. The van der Waals surface area contributed by atoms with Crippen molar-refractivity contribution >= 4 is 27.6 Å². The highest BCUT2D eigenvalue weighted by molar-refractivity contribution is 9.09. The number of hydrogen-bond acceptors (Lipinski definition) is 2. The Morgan fingerprint density at radius 3 is 2.44 bits per heavy atom. The molecule has 0 saturated carbocycles. The summed E-state index contributed by atoms with van der Waals surface area (Å²) in [5, 5.41) is 2.65. The average molecular weight is 194 g/mol. The number of carbonyl (C=O) groups is 2. The molecule has 0 aliphatic rings.